The monoisotopic (exact) mass is 561 g/mol. The van der Waals surface area contributed by atoms with Crippen molar-refractivity contribution in [1.29, 1.82) is 0 Å². The second-order valence-corrected chi connectivity index (χ2v) is 10.6. The Morgan fingerprint density at radius 2 is 0.929 bits per heavy atom. The lowest BCUT2D eigenvalue weighted by atomic mass is 9.94. The van der Waals surface area contributed by atoms with E-state index >= 15 is 0 Å². The highest BCUT2D eigenvalue weighted by Crippen LogP contribution is 2.25. The molecule has 0 saturated carbocycles. The number of nitrogens with one attached hydrogen (secondary N) is 2. The van der Waals surface area contributed by atoms with Gasteiger partial charge in [-0.25, -0.2) is 4.79 Å². The van der Waals surface area contributed by atoms with E-state index in [2.05, 4.69) is 59.2 Å². The first-order valence-corrected chi connectivity index (χ1v) is 14.3. The first kappa shape index (κ1) is 28.6. The van der Waals surface area contributed by atoms with E-state index in [1.54, 1.807) is 0 Å². The number of carbonyl (C=O) groups is 3. The summed E-state index contributed by atoms with van der Waals surface area (Å²) in [6.45, 7) is 0.818. The molecule has 3 N–H and O–H groups in total. The smallest absolute Gasteiger partial charge is 0.407 e. The van der Waals surface area contributed by atoms with Gasteiger partial charge in [0, 0.05) is 26.2 Å². The molecule has 4 aromatic carbocycles. The molecule has 0 bridgehead atoms. The summed E-state index contributed by atoms with van der Waals surface area (Å²) in [4.78, 5) is 39.0. The lowest BCUT2D eigenvalue weighted by Crippen LogP contribution is -2.42. The Balaban J connectivity index is 1.11. The Kier molecular flexibility index (Phi) is 9.29. The minimum absolute atomic E-state index is 0.00593. The standard InChI is InChI=1S/C35H35N3O4/c39-33(36-21-19-25-11-15-29(16-12-25)27-7-3-1-4-8-27)31-23-38(35(41)42)24-32(31)34(40)37-22-20-26-13-17-30(18-14-26)28-9-5-2-6-10-28/h1-18,31-32H,19-24H2,(H,36,39)(H,37,40)(H,41,42)/t31-,32-/m0/s1. The van der Waals surface area contributed by atoms with Crippen molar-refractivity contribution in [3.63, 3.8) is 0 Å². The fraction of sp³-hybridized carbons (Fsp3) is 0.229. The Hall–Kier alpha value is -4.91. The van der Waals surface area contributed by atoms with Crippen LogP contribution in [0, 0.1) is 11.8 Å². The van der Waals surface area contributed by atoms with Crippen LogP contribution in [0.3, 0.4) is 0 Å². The van der Waals surface area contributed by atoms with E-state index in [0.29, 0.717) is 25.9 Å². The molecule has 42 heavy (non-hydrogen) atoms. The van der Waals surface area contributed by atoms with Gasteiger partial charge in [-0.3, -0.25) is 9.59 Å². The normalized spacial score (nSPS) is 16.1. The average molecular weight is 562 g/mol. The molecule has 1 aliphatic rings. The lowest BCUT2D eigenvalue weighted by Gasteiger charge is -2.17. The van der Waals surface area contributed by atoms with Crippen molar-refractivity contribution in [2.45, 2.75) is 12.8 Å². The molecule has 1 saturated heterocycles. The molecule has 4 aromatic rings. The zero-order valence-electron chi connectivity index (χ0n) is 23.4. The van der Waals surface area contributed by atoms with Gasteiger partial charge in [-0.15, -0.1) is 0 Å². The molecule has 1 heterocycles. The summed E-state index contributed by atoms with van der Waals surface area (Å²) in [5, 5.41) is 15.4. The van der Waals surface area contributed by atoms with Gasteiger partial charge < -0.3 is 20.6 Å². The topological polar surface area (TPSA) is 98.7 Å². The van der Waals surface area contributed by atoms with Crippen molar-refractivity contribution in [3.8, 4) is 22.3 Å². The van der Waals surface area contributed by atoms with Gasteiger partial charge in [-0.05, 0) is 46.2 Å². The molecule has 0 unspecified atom stereocenters. The third-order valence-corrected chi connectivity index (χ3v) is 7.81. The third kappa shape index (κ3) is 7.23. The summed E-state index contributed by atoms with van der Waals surface area (Å²) < 4.78 is 0. The molecular formula is C35H35N3O4. The summed E-state index contributed by atoms with van der Waals surface area (Å²) in [6, 6.07) is 36.7. The van der Waals surface area contributed by atoms with Crippen LogP contribution < -0.4 is 10.6 Å². The van der Waals surface area contributed by atoms with Crippen molar-refractivity contribution in [2.24, 2.45) is 11.8 Å². The van der Waals surface area contributed by atoms with Crippen molar-refractivity contribution >= 4 is 17.9 Å². The third-order valence-electron chi connectivity index (χ3n) is 7.81. The average Bonchev–Trinajstić information content (AvgIpc) is 3.49. The number of carbonyl (C=O) groups excluding carboxylic acids is 2. The maximum absolute atomic E-state index is 13.1. The molecule has 1 aliphatic heterocycles. The van der Waals surface area contributed by atoms with Crippen LogP contribution in [0.25, 0.3) is 22.3 Å². The second-order valence-electron chi connectivity index (χ2n) is 10.6. The second kappa shape index (κ2) is 13.6. The van der Waals surface area contributed by atoms with E-state index in [9.17, 15) is 19.5 Å². The number of likely N-dealkylation sites (tertiary alicyclic amines) is 1. The maximum Gasteiger partial charge on any atom is 0.407 e. The number of nitrogens with zero attached hydrogens (tertiary/aromatic N) is 1. The number of hydrogen-bond acceptors (Lipinski definition) is 3. The molecule has 0 aromatic heterocycles. The molecule has 2 atom stereocenters. The molecule has 7 nitrogen and oxygen atoms in total. The van der Waals surface area contributed by atoms with Crippen molar-refractivity contribution in [1.82, 2.24) is 15.5 Å². The fourth-order valence-electron chi connectivity index (χ4n) is 5.40. The van der Waals surface area contributed by atoms with Crippen molar-refractivity contribution in [3.05, 3.63) is 120 Å². The molecule has 7 heteroatoms. The molecule has 0 spiro atoms. The molecule has 1 fully saturated rings. The first-order valence-electron chi connectivity index (χ1n) is 14.3. The molecule has 0 radical (unpaired) electrons. The van der Waals surface area contributed by atoms with Crippen LogP contribution >= 0.6 is 0 Å². The van der Waals surface area contributed by atoms with E-state index in [0.717, 1.165) is 38.3 Å². The maximum atomic E-state index is 13.1. The Morgan fingerprint density at radius 3 is 1.29 bits per heavy atom. The minimum Gasteiger partial charge on any atom is -0.465 e. The van der Waals surface area contributed by atoms with Crippen LogP contribution in [0.15, 0.2) is 109 Å². The number of hydrogen-bond donors (Lipinski definition) is 3. The van der Waals surface area contributed by atoms with Gasteiger partial charge in [-0.1, -0.05) is 109 Å². The predicted octanol–water partition coefficient (Wildman–Crippen LogP) is 5.26. The van der Waals surface area contributed by atoms with Crippen molar-refractivity contribution < 1.29 is 19.5 Å². The van der Waals surface area contributed by atoms with Gasteiger partial charge in [0.1, 0.15) is 0 Å². The number of rotatable bonds is 10. The Bertz CT molecular complexity index is 1380. The van der Waals surface area contributed by atoms with Crippen LogP contribution in [-0.4, -0.2) is 54.1 Å². The van der Waals surface area contributed by atoms with Gasteiger partial charge in [0.05, 0.1) is 11.8 Å². The molecule has 0 aliphatic carbocycles. The highest BCUT2D eigenvalue weighted by molar-refractivity contribution is 5.89. The van der Waals surface area contributed by atoms with E-state index < -0.39 is 17.9 Å². The highest BCUT2D eigenvalue weighted by Gasteiger charge is 2.43. The van der Waals surface area contributed by atoms with E-state index in [-0.39, 0.29) is 24.9 Å². The number of amides is 3. The Labute approximate surface area is 246 Å². The van der Waals surface area contributed by atoms with Gasteiger partial charge in [0.15, 0.2) is 0 Å². The van der Waals surface area contributed by atoms with Crippen LogP contribution in [-0.2, 0) is 22.4 Å². The van der Waals surface area contributed by atoms with Gasteiger partial charge in [-0.2, -0.15) is 0 Å². The summed E-state index contributed by atoms with van der Waals surface area (Å²) in [5.41, 5.74) is 6.71. The zero-order valence-corrected chi connectivity index (χ0v) is 23.4. The first-order chi connectivity index (χ1) is 20.5. The quantitative estimate of drug-likeness (QED) is 0.246. The highest BCUT2D eigenvalue weighted by atomic mass is 16.4. The van der Waals surface area contributed by atoms with Crippen LogP contribution in [0.1, 0.15) is 11.1 Å². The minimum atomic E-state index is -1.12. The largest absolute Gasteiger partial charge is 0.465 e. The predicted molar refractivity (Wildman–Crippen MR) is 164 cm³/mol. The van der Waals surface area contributed by atoms with Crippen LogP contribution in [0.5, 0.6) is 0 Å². The van der Waals surface area contributed by atoms with Gasteiger partial charge in [0.2, 0.25) is 11.8 Å². The number of carboxylic acid groups (broad SMARTS) is 1. The summed E-state index contributed by atoms with van der Waals surface area (Å²) >= 11 is 0. The molecule has 5 rings (SSSR count). The summed E-state index contributed by atoms with van der Waals surface area (Å²) in [5.74, 6) is -2.05. The zero-order chi connectivity index (χ0) is 29.3. The summed E-state index contributed by atoms with van der Waals surface area (Å²) in [6.07, 6.45) is 0.145. The van der Waals surface area contributed by atoms with Gasteiger partial charge in [0.25, 0.3) is 0 Å². The van der Waals surface area contributed by atoms with Gasteiger partial charge >= 0.3 is 6.09 Å². The number of benzene rings is 4. The van der Waals surface area contributed by atoms with E-state index in [1.165, 1.54) is 0 Å². The van der Waals surface area contributed by atoms with E-state index in [4.69, 9.17) is 0 Å². The Morgan fingerprint density at radius 1 is 0.571 bits per heavy atom. The molecular weight excluding hydrogens is 526 g/mol. The lowest BCUT2D eigenvalue weighted by molar-refractivity contribution is -0.132. The SMILES string of the molecule is O=C(NCCc1ccc(-c2ccccc2)cc1)[C@H]1CN(C(=O)O)C[C@@H]1C(=O)NCCc1ccc(-c2ccccc2)cc1. The van der Waals surface area contributed by atoms with E-state index in [1.807, 2.05) is 60.7 Å². The van der Waals surface area contributed by atoms with Crippen molar-refractivity contribution in [2.75, 3.05) is 26.2 Å². The van der Waals surface area contributed by atoms with Crippen LogP contribution in [0.2, 0.25) is 0 Å². The molecule has 214 valence electrons. The fourth-order valence-corrected chi connectivity index (χ4v) is 5.40. The summed E-state index contributed by atoms with van der Waals surface area (Å²) in [7, 11) is 0. The van der Waals surface area contributed by atoms with Crippen LogP contribution in [0.4, 0.5) is 4.79 Å². The molecule has 3 amide bonds.